The second-order valence-corrected chi connectivity index (χ2v) is 11.4. The number of benzene rings is 2. The summed E-state index contributed by atoms with van der Waals surface area (Å²) in [6.07, 6.45) is 0.293. The van der Waals surface area contributed by atoms with Crippen LogP contribution in [0.5, 0.6) is 0 Å². The number of carbonyl (C=O) groups is 1. The van der Waals surface area contributed by atoms with Gasteiger partial charge in [-0.1, -0.05) is 46.3 Å². The number of carbonyl (C=O) groups excluding carboxylic acids is 1. The van der Waals surface area contributed by atoms with Crippen LogP contribution in [0.1, 0.15) is 57.4 Å². The van der Waals surface area contributed by atoms with Crippen LogP contribution in [0.15, 0.2) is 57.9 Å². The number of hydrogen-bond donors (Lipinski definition) is 0. The molecule has 1 amide bonds. The summed E-state index contributed by atoms with van der Waals surface area (Å²) in [4.78, 5) is 15.7. The Kier molecular flexibility index (Phi) is 7.59. The Balaban J connectivity index is 1.91. The summed E-state index contributed by atoms with van der Waals surface area (Å²) in [5.41, 5.74) is 0.414. The number of nitrogens with zero attached hydrogens (tertiary/aromatic N) is 2. The van der Waals surface area contributed by atoms with Crippen LogP contribution in [-0.4, -0.2) is 35.0 Å². The molecule has 5 nitrogen and oxygen atoms in total. The van der Waals surface area contributed by atoms with Crippen molar-refractivity contribution >= 4 is 33.8 Å². The number of thioether (sulfide) groups is 1. The van der Waals surface area contributed by atoms with E-state index in [0.29, 0.717) is 18.6 Å². The maximum absolute atomic E-state index is 13.1. The van der Waals surface area contributed by atoms with E-state index in [0.717, 1.165) is 14.9 Å². The first-order valence-electron chi connectivity index (χ1n) is 10.6. The van der Waals surface area contributed by atoms with Crippen LogP contribution in [0.4, 0.5) is 4.79 Å². The average molecular weight is 517 g/mol. The van der Waals surface area contributed by atoms with E-state index in [1.165, 1.54) is 0 Å². The van der Waals surface area contributed by atoms with Crippen molar-refractivity contribution in [2.45, 2.75) is 68.6 Å². The monoisotopic (exact) mass is 516 g/mol. The SMILES string of the molecule is CC(C)(C)OC(=O)N1[C@@H](C[C@@H](Sc2ccc(Br)cc2C#N)c2ccccc2)COC1(C)C. The van der Waals surface area contributed by atoms with Crippen molar-refractivity contribution in [1.29, 1.82) is 5.26 Å². The first kappa shape index (κ1) is 24.6. The van der Waals surface area contributed by atoms with Gasteiger partial charge in [0.05, 0.1) is 18.2 Å². The number of nitriles is 1. The molecule has 2 aromatic carbocycles. The third-order valence-electron chi connectivity index (χ3n) is 5.15. The van der Waals surface area contributed by atoms with Gasteiger partial charge in [0.1, 0.15) is 17.4 Å². The fourth-order valence-electron chi connectivity index (χ4n) is 3.75. The molecule has 2 aromatic rings. The van der Waals surface area contributed by atoms with E-state index >= 15 is 0 Å². The zero-order chi connectivity index (χ0) is 23.5. The highest BCUT2D eigenvalue weighted by molar-refractivity contribution is 9.10. The van der Waals surface area contributed by atoms with Crippen molar-refractivity contribution in [2.24, 2.45) is 0 Å². The summed E-state index contributed by atoms with van der Waals surface area (Å²) >= 11 is 5.08. The smallest absolute Gasteiger partial charge is 0.412 e. The number of ether oxygens (including phenoxy) is 2. The molecule has 0 radical (unpaired) electrons. The standard InChI is InChI=1S/C25H29BrN2O3S/c1-24(2,3)31-23(29)28-20(16-30-25(28,4)5)14-22(17-9-7-6-8-10-17)32-21-12-11-19(26)13-18(21)15-27/h6-13,20,22H,14,16H2,1-5H3/t20-,22+/m0/s1. The summed E-state index contributed by atoms with van der Waals surface area (Å²) in [5.74, 6) is 0. The van der Waals surface area contributed by atoms with Crippen LogP contribution < -0.4 is 0 Å². The predicted molar refractivity (Wildman–Crippen MR) is 130 cm³/mol. The molecule has 0 spiro atoms. The largest absolute Gasteiger partial charge is 0.444 e. The molecule has 1 fully saturated rings. The van der Waals surface area contributed by atoms with Crippen LogP contribution in [0.25, 0.3) is 0 Å². The lowest BCUT2D eigenvalue weighted by molar-refractivity contribution is -0.0626. The highest BCUT2D eigenvalue weighted by atomic mass is 79.9. The van der Waals surface area contributed by atoms with Gasteiger partial charge in [-0.05, 0) is 64.8 Å². The quantitative estimate of drug-likeness (QED) is 0.403. The van der Waals surface area contributed by atoms with E-state index in [-0.39, 0.29) is 17.4 Å². The second-order valence-electron chi connectivity index (χ2n) is 9.27. The zero-order valence-corrected chi connectivity index (χ0v) is 21.5. The molecule has 0 bridgehead atoms. The lowest BCUT2D eigenvalue weighted by atomic mass is 10.0. The first-order valence-corrected chi connectivity index (χ1v) is 12.2. The van der Waals surface area contributed by atoms with Gasteiger partial charge in [0, 0.05) is 14.6 Å². The molecule has 3 rings (SSSR count). The van der Waals surface area contributed by atoms with Crippen molar-refractivity contribution in [3.63, 3.8) is 0 Å². The molecule has 0 N–H and O–H groups in total. The molecule has 1 heterocycles. The minimum absolute atomic E-state index is 0.0249. The summed E-state index contributed by atoms with van der Waals surface area (Å²) in [6, 6.07) is 18.1. The van der Waals surface area contributed by atoms with Gasteiger partial charge in [-0.15, -0.1) is 11.8 Å². The molecular formula is C25H29BrN2O3S. The summed E-state index contributed by atoms with van der Waals surface area (Å²) in [7, 11) is 0. The van der Waals surface area contributed by atoms with Gasteiger partial charge in [0.15, 0.2) is 0 Å². The highest BCUT2D eigenvalue weighted by Crippen LogP contribution is 2.43. The van der Waals surface area contributed by atoms with Gasteiger partial charge < -0.3 is 9.47 Å². The molecule has 7 heteroatoms. The van der Waals surface area contributed by atoms with Gasteiger partial charge in [-0.25, -0.2) is 4.79 Å². The molecule has 0 aliphatic carbocycles. The van der Waals surface area contributed by atoms with Gasteiger partial charge >= 0.3 is 6.09 Å². The Hall–Kier alpha value is -2.01. The molecule has 170 valence electrons. The fourth-order valence-corrected chi connectivity index (χ4v) is 5.41. The number of hydrogen-bond acceptors (Lipinski definition) is 5. The van der Waals surface area contributed by atoms with E-state index < -0.39 is 11.3 Å². The van der Waals surface area contributed by atoms with Crippen molar-refractivity contribution in [1.82, 2.24) is 4.90 Å². The van der Waals surface area contributed by atoms with E-state index in [9.17, 15) is 10.1 Å². The Morgan fingerprint density at radius 3 is 2.62 bits per heavy atom. The molecule has 0 saturated carbocycles. The van der Waals surface area contributed by atoms with Crippen LogP contribution in [0.3, 0.4) is 0 Å². The van der Waals surface area contributed by atoms with Crippen molar-refractivity contribution < 1.29 is 14.3 Å². The van der Waals surface area contributed by atoms with E-state index in [1.807, 2.05) is 71.0 Å². The number of rotatable bonds is 5. The molecule has 0 aromatic heterocycles. The third kappa shape index (κ3) is 6.06. The molecule has 32 heavy (non-hydrogen) atoms. The van der Waals surface area contributed by atoms with Crippen LogP contribution in [-0.2, 0) is 9.47 Å². The molecule has 1 aliphatic heterocycles. The van der Waals surface area contributed by atoms with E-state index in [2.05, 4.69) is 34.1 Å². The minimum atomic E-state index is -0.756. The van der Waals surface area contributed by atoms with E-state index in [1.54, 1.807) is 16.7 Å². The van der Waals surface area contributed by atoms with Gasteiger partial charge in [0.25, 0.3) is 0 Å². The summed E-state index contributed by atoms with van der Waals surface area (Å²) in [5, 5.41) is 9.65. The number of halogens is 1. The summed E-state index contributed by atoms with van der Waals surface area (Å²) in [6.45, 7) is 9.81. The fraction of sp³-hybridized carbons (Fsp3) is 0.440. The van der Waals surface area contributed by atoms with Crippen molar-refractivity contribution in [3.8, 4) is 6.07 Å². The normalized spacial score (nSPS) is 18.8. The maximum Gasteiger partial charge on any atom is 0.412 e. The minimum Gasteiger partial charge on any atom is -0.444 e. The molecule has 0 unspecified atom stereocenters. The molecule has 2 atom stereocenters. The van der Waals surface area contributed by atoms with Crippen LogP contribution in [0.2, 0.25) is 0 Å². The molecular weight excluding hydrogens is 488 g/mol. The van der Waals surface area contributed by atoms with Crippen LogP contribution in [0, 0.1) is 11.3 Å². The van der Waals surface area contributed by atoms with Crippen LogP contribution >= 0.6 is 27.7 Å². The maximum atomic E-state index is 13.1. The number of amides is 1. The van der Waals surface area contributed by atoms with Gasteiger partial charge in [-0.3, -0.25) is 4.90 Å². The van der Waals surface area contributed by atoms with E-state index in [4.69, 9.17) is 9.47 Å². The molecule has 1 saturated heterocycles. The second kappa shape index (κ2) is 9.86. The zero-order valence-electron chi connectivity index (χ0n) is 19.1. The van der Waals surface area contributed by atoms with Crippen molar-refractivity contribution in [3.05, 3.63) is 64.1 Å². The topological polar surface area (TPSA) is 62.6 Å². The highest BCUT2D eigenvalue weighted by Gasteiger charge is 2.46. The Bertz CT molecular complexity index is 998. The summed E-state index contributed by atoms with van der Waals surface area (Å²) < 4.78 is 12.6. The third-order valence-corrected chi connectivity index (χ3v) is 7.01. The van der Waals surface area contributed by atoms with Gasteiger partial charge in [0.2, 0.25) is 0 Å². The molecule has 1 aliphatic rings. The Morgan fingerprint density at radius 1 is 1.31 bits per heavy atom. The van der Waals surface area contributed by atoms with Gasteiger partial charge in [-0.2, -0.15) is 5.26 Å². The van der Waals surface area contributed by atoms with Crippen molar-refractivity contribution in [2.75, 3.05) is 6.61 Å². The lowest BCUT2D eigenvalue weighted by Gasteiger charge is -2.36. The average Bonchev–Trinajstić information content (AvgIpc) is 3.02. The first-order chi connectivity index (χ1) is 15.0. The Morgan fingerprint density at radius 2 is 2.00 bits per heavy atom. The predicted octanol–water partition coefficient (Wildman–Crippen LogP) is 6.92. The lowest BCUT2D eigenvalue weighted by Crippen LogP contribution is -2.50. The Labute approximate surface area is 203 Å².